The Labute approximate surface area is 118 Å². The van der Waals surface area contributed by atoms with E-state index < -0.39 is 0 Å². The summed E-state index contributed by atoms with van der Waals surface area (Å²) in [5, 5.41) is 0. The zero-order valence-electron chi connectivity index (χ0n) is 11.6. The number of rotatable bonds is 5. The minimum absolute atomic E-state index is 0.243. The molecule has 5 heteroatoms. The van der Waals surface area contributed by atoms with Crippen LogP contribution in [0.15, 0.2) is 18.2 Å². The number of nitrogens with one attached hydrogen (secondary N) is 1. The molecule has 1 aromatic heterocycles. The van der Waals surface area contributed by atoms with Gasteiger partial charge in [-0.3, -0.25) is 0 Å². The maximum Gasteiger partial charge on any atom is 0.178 e. The molecule has 1 heterocycles. The Balaban J connectivity index is 2.39. The molecule has 0 radical (unpaired) electrons. The van der Waals surface area contributed by atoms with Crippen LogP contribution >= 0.6 is 12.2 Å². The third-order valence-electron chi connectivity index (χ3n) is 3.54. The van der Waals surface area contributed by atoms with Gasteiger partial charge in [0.1, 0.15) is 5.82 Å². The molecule has 2 aromatic rings. The zero-order valence-corrected chi connectivity index (χ0v) is 12.4. The molecule has 104 valence electrons. The maximum atomic E-state index is 13.2. The number of benzene rings is 1. The lowest BCUT2D eigenvalue weighted by Crippen LogP contribution is -2.29. The van der Waals surface area contributed by atoms with E-state index in [4.69, 9.17) is 12.2 Å². The molecule has 1 aromatic carbocycles. The number of fused-ring (bicyclic) bond motifs is 1. The summed E-state index contributed by atoms with van der Waals surface area (Å²) in [6, 6.07) is 5.01. The molecule has 2 rings (SSSR count). The smallest absolute Gasteiger partial charge is 0.178 e. The van der Waals surface area contributed by atoms with Crippen LogP contribution in [0.3, 0.4) is 0 Å². The normalized spacial score (nSPS) is 13.3. The van der Waals surface area contributed by atoms with Gasteiger partial charge in [0, 0.05) is 12.6 Å². The molecular formula is C14H20FN3S. The lowest BCUT2D eigenvalue weighted by molar-refractivity contribution is 0.262. The van der Waals surface area contributed by atoms with Gasteiger partial charge in [-0.15, -0.1) is 0 Å². The molecule has 1 unspecified atom stereocenters. The molecule has 0 saturated carbocycles. The van der Waals surface area contributed by atoms with Crippen molar-refractivity contribution in [3.8, 4) is 0 Å². The number of hydrogen-bond acceptors (Lipinski definition) is 2. The standard InChI is InChI=1S/C14H20FN3S/c1-4-17(5-2)9-10(3)18-13-7-6-11(15)8-12(13)16-14(18)19/h6-8,10H,4-5,9H2,1-3H3,(H,16,19). The number of aromatic nitrogens is 2. The van der Waals surface area contributed by atoms with E-state index in [0.717, 1.165) is 30.7 Å². The lowest BCUT2D eigenvalue weighted by atomic mass is 10.2. The van der Waals surface area contributed by atoms with Crippen molar-refractivity contribution in [2.45, 2.75) is 26.8 Å². The number of H-pyrrole nitrogens is 1. The van der Waals surface area contributed by atoms with Crippen LogP contribution in [0.1, 0.15) is 26.8 Å². The Morgan fingerprint density at radius 2 is 2.05 bits per heavy atom. The van der Waals surface area contributed by atoms with E-state index in [-0.39, 0.29) is 11.9 Å². The second kappa shape index (κ2) is 5.84. The van der Waals surface area contributed by atoms with Gasteiger partial charge in [-0.2, -0.15) is 0 Å². The van der Waals surface area contributed by atoms with E-state index >= 15 is 0 Å². The summed E-state index contributed by atoms with van der Waals surface area (Å²) in [6.07, 6.45) is 0. The van der Waals surface area contributed by atoms with Gasteiger partial charge in [-0.25, -0.2) is 4.39 Å². The summed E-state index contributed by atoms with van der Waals surface area (Å²) < 4.78 is 16.0. The Hall–Kier alpha value is -1.20. The third-order valence-corrected chi connectivity index (χ3v) is 3.83. The first-order valence-electron chi connectivity index (χ1n) is 6.69. The molecule has 0 bridgehead atoms. The molecule has 3 nitrogen and oxygen atoms in total. The molecule has 19 heavy (non-hydrogen) atoms. The molecule has 0 fully saturated rings. The minimum atomic E-state index is -0.243. The highest BCUT2D eigenvalue weighted by molar-refractivity contribution is 7.71. The fraction of sp³-hybridized carbons (Fsp3) is 0.500. The highest BCUT2D eigenvalue weighted by Gasteiger charge is 2.13. The Kier molecular flexibility index (Phi) is 4.37. The highest BCUT2D eigenvalue weighted by Crippen LogP contribution is 2.20. The number of hydrogen-bond donors (Lipinski definition) is 1. The SMILES string of the molecule is CCN(CC)CC(C)n1c(=S)[nH]c2cc(F)ccc21. The Morgan fingerprint density at radius 3 is 2.68 bits per heavy atom. The fourth-order valence-electron chi connectivity index (χ4n) is 2.48. The monoisotopic (exact) mass is 281 g/mol. The summed E-state index contributed by atoms with van der Waals surface area (Å²) in [4.78, 5) is 5.43. The fourth-order valence-corrected chi connectivity index (χ4v) is 2.87. The first-order chi connectivity index (χ1) is 9.06. The average Bonchev–Trinajstić information content (AvgIpc) is 2.70. The topological polar surface area (TPSA) is 24.0 Å². The molecule has 1 N–H and O–H groups in total. The van der Waals surface area contributed by atoms with E-state index in [1.165, 1.54) is 12.1 Å². The molecule has 0 spiro atoms. The summed E-state index contributed by atoms with van der Waals surface area (Å²) in [6.45, 7) is 9.42. The maximum absolute atomic E-state index is 13.2. The number of aromatic amines is 1. The van der Waals surface area contributed by atoms with E-state index in [2.05, 4.69) is 35.2 Å². The van der Waals surface area contributed by atoms with Crippen molar-refractivity contribution in [3.63, 3.8) is 0 Å². The summed E-state index contributed by atoms with van der Waals surface area (Å²) in [5.74, 6) is -0.243. The van der Waals surface area contributed by atoms with Crippen LogP contribution in [0.4, 0.5) is 4.39 Å². The van der Waals surface area contributed by atoms with Crippen molar-refractivity contribution in [2.24, 2.45) is 0 Å². The minimum Gasteiger partial charge on any atom is -0.330 e. The van der Waals surface area contributed by atoms with Crippen LogP contribution in [-0.2, 0) is 0 Å². The summed E-state index contributed by atoms with van der Waals surface area (Å²) in [7, 11) is 0. The number of likely N-dealkylation sites (N-methyl/N-ethyl adjacent to an activating group) is 1. The average molecular weight is 281 g/mol. The predicted molar refractivity (Wildman–Crippen MR) is 79.6 cm³/mol. The molecule has 1 atom stereocenters. The molecule has 0 saturated heterocycles. The second-order valence-corrected chi connectivity index (χ2v) is 5.18. The number of halogens is 1. The van der Waals surface area contributed by atoms with Crippen LogP contribution in [0, 0.1) is 10.6 Å². The third kappa shape index (κ3) is 2.87. The van der Waals surface area contributed by atoms with Gasteiger partial charge in [0.2, 0.25) is 0 Å². The second-order valence-electron chi connectivity index (χ2n) is 4.80. The van der Waals surface area contributed by atoms with Crippen LogP contribution in [0.2, 0.25) is 0 Å². The van der Waals surface area contributed by atoms with Crippen LogP contribution in [-0.4, -0.2) is 34.1 Å². The van der Waals surface area contributed by atoms with Crippen LogP contribution < -0.4 is 0 Å². The zero-order chi connectivity index (χ0) is 14.0. The van der Waals surface area contributed by atoms with Gasteiger partial charge < -0.3 is 14.5 Å². The largest absolute Gasteiger partial charge is 0.330 e. The molecule has 0 aliphatic rings. The van der Waals surface area contributed by atoms with Crippen LogP contribution in [0.5, 0.6) is 0 Å². The lowest BCUT2D eigenvalue weighted by Gasteiger charge is -2.24. The van der Waals surface area contributed by atoms with Gasteiger partial charge in [-0.05, 0) is 50.4 Å². The van der Waals surface area contributed by atoms with Crippen molar-refractivity contribution in [2.75, 3.05) is 19.6 Å². The Morgan fingerprint density at radius 1 is 1.37 bits per heavy atom. The van der Waals surface area contributed by atoms with Gasteiger partial charge >= 0.3 is 0 Å². The molecule has 0 amide bonds. The quantitative estimate of drug-likeness (QED) is 0.844. The first kappa shape index (κ1) is 14.2. The van der Waals surface area contributed by atoms with Crippen molar-refractivity contribution >= 4 is 23.3 Å². The van der Waals surface area contributed by atoms with E-state index in [0.29, 0.717) is 4.77 Å². The molecular weight excluding hydrogens is 261 g/mol. The first-order valence-corrected chi connectivity index (χ1v) is 7.09. The predicted octanol–water partition coefficient (Wildman–Crippen LogP) is 3.74. The van der Waals surface area contributed by atoms with E-state index in [1.54, 1.807) is 6.07 Å². The highest BCUT2D eigenvalue weighted by atomic mass is 32.1. The Bertz CT molecular complexity index is 613. The van der Waals surface area contributed by atoms with Gasteiger partial charge in [0.05, 0.1) is 11.0 Å². The number of nitrogens with zero attached hydrogens (tertiary/aromatic N) is 2. The molecule has 0 aliphatic heterocycles. The van der Waals surface area contributed by atoms with Crippen molar-refractivity contribution in [1.29, 1.82) is 0 Å². The van der Waals surface area contributed by atoms with Crippen molar-refractivity contribution < 1.29 is 4.39 Å². The molecule has 0 aliphatic carbocycles. The van der Waals surface area contributed by atoms with Crippen molar-refractivity contribution in [1.82, 2.24) is 14.5 Å². The van der Waals surface area contributed by atoms with E-state index in [1.807, 2.05) is 0 Å². The van der Waals surface area contributed by atoms with Gasteiger partial charge in [-0.1, -0.05) is 13.8 Å². The van der Waals surface area contributed by atoms with E-state index in [9.17, 15) is 4.39 Å². The summed E-state index contributed by atoms with van der Waals surface area (Å²) in [5.41, 5.74) is 1.72. The van der Waals surface area contributed by atoms with Crippen LogP contribution in [0.25, 0.3) is 11.0 Å². The van der Waals surface area contributed by atoms with Gasteiger partial charge in [0.25, 0.3) is 0 Å². The summed E-state index contributed by atoms with van der Waals surface area (Å²) >= 11 is 5.36. The van der Waals surface area contributed by atoms with Gasteiger partial charge in [0.15, 0.2) is 4.77 Å². The number of imidazole rings is 1. The van der Waals surface area contributed by atoms with Crippen molar-refractivity contribution in [3.05, 3.63) is 28.8 Å².